The first-order valence-corrected chi connectivity index (χ1v) is 31.6. The topological polar surface area (TPSA) is 217 Å². The third-order valence-electron chi connectivity index (χ3n) is 16.3. The molecule has 5 unspecified atom stereocenters. The summed E-state index contributed by atoms with van der Waals surface area (Å²) in [5, 5.41) is 4.93. The molecule has 3 aliphatic heterocycles. The van der Waals surface area contributed by atoms with Crippen molar-refractivity contribution in [2.45, 2.75) is 75.5 Å². The number of amides is 2. The van der Waals surface area contributed by atoms with Crippen molar-refractivity contribution in [2.24, 2.45) is 46.8 Å². The van der Waals surface area contributed by atoms with Crippen LogP contribution in [0.25, 0.3) is 16.8 Å². The predicted molar refractivity (Wildman–Crippen MR) is 278 cm³/mol. The molecular formula is C52H67FN6O10S4. The van der Waals surface area contributed by atoms with Crippen LogP contribution in [0.2, 0.25) is 0 Å². The third-order valence-corrected chi connectivity index (χ3v) is 21.3. The van der Waals surface area contributed by atoms with Crippen molar-refractivity contribution in [3.8, 4) is 0 Å². The lowest BCUT2D eigenvalue weighted by Crippen LogP contribution is -2.56. The van der Waals surface area contributed by atoms with Crippen molar-refractivity contribution in [3.05, 3.63) is 106 Å². The highest BCUT2D eigenvalue weighted by atomic mass is 32.2. The predicted octanol–water partition coefficient (Wildman–Crippen LogP) is 6.00. The van der Waals surface area contributed by atoms with Gasteiger partial charge in [0.1, 0.15) is 10.7 Å². The number of sulfonamides is 4. The van der Waals surface area contributed by atoms with E-state index in [-0.39, 0.29) is 90.4 Å². The van der Waals surface area contributed by atoms with Gasteiger partial charge in [-0.25, -0.2) is 52.2 Å². The van der Waals surface area contributed by atoms with Gasteiger partial charge in [-0.05, 0) is 164 Å². The Hall–Kier alpha value is -4.35. The number of fused-ring (bicyclic) bond motifs is 1. The number of nitrogens with zero attached hydrogens (tertiary/aromatic N) is 3. The van der Waals surface area contributed by atoms with Gasteiger partial charge in [0, 0.05) is 86.6 Å². The summed E-state index contributed by atoms with van der Waals surface area (Å²) in [5.74, 6) is -0.744. The lowest BCUT2D eigenvalue weighted by atomic mass is 9.46. The molecule has 3 N–H and O–H groups in total. The zero-order chi connectivity index (χ0) is 51.8. The maximum absolute atomic E-state index is 14.4. The molecule has 5 atom stereocenters. The number of rotatable bonds is 18. The molecule has 0 aromatic heterocycles. The molecule has 16 nitrogen and oxygen atoms in total. The summed E-state index contributed by atoms with van der Waals surface area (Å²) in [6.07, 6.45) is 11.8. The van der Waals surface area contributed by atoms with E-state index < -0.39 is 45.9 Å². The molecule has 73 heavy (non-hydrogen) atoms. The average Bonchev–Trinajstić information content (AvgIpc) is 3.37. The second kappa shape index (κ2) is 21.7. The van der Waals surface area contributed by atoms with Crippen LogP contribution in [0.4, 0.5) is 4.39 Å². The summed E-state index contributed by atoms with van der Waals surface area (Å²) < 4.78 is 127. The van der Waals surface area contributed by atoms with E-state index >= 15 is 0 Å². The van der Waals surface area contributed by atoms with Gasteiger partial charge in [-0.1, -0.05) is 43.0 Å². The van der Waals surface area contributed by atoms with Gasteiger partial charge in [-0.2, -0.15) is 4.31 Å². The Kier molecular flexibility index (Phi) is 15.9. The minimum Gasteiger partial charge on any atom is -0.342 e. The molecule has 4 aliphatic carbocycles. The van der Waals surface area contributed by atoms with Crippen LogP contribution in [-0.4, -0.2) is 118 Å². The first-order chi connectivity index (χ1) is 34.7. The van der Waals surface area contributed by atoms with Crippen molar-refractivity contribution >= 4 is 68.8 Å². The van der Waals surface area contributed by atoms with Gasteiger partial charge in [-0.3, -0.25) is 9.59 Å². The number of allylic oxidation sites excluding steroid dienone is 1. The number of halogens is 1. The van der Waals surface area contributed by atoms with Crippen molar-refractivity contribution in [2.75, 3.05) is 58.9 Å². The average molecular weight is 1080 g/mol. The fraction of sp³-hybridized carbons (Fsp3) is 0.538. The van der Waals surface area contributed by atoms with Gasteiger partial charge in [0.2, 0.25) is 46.0 Å². The summed E-state index contributed by atoms with van der Waals surface area (Å²) in [7, 11) is -15.3. The molecule has 3 aromatic carbocycles. The zero-order valence-electron chi connectivity index (χ0n) is 41.0. The van der Waals surface area contributed by atoms with Gasteiger partial charge in [0.25, 0.3) is 5.91 Å². The molecule has 7 fully saturated rings. The van der Waals surface area contributed by atoms with E-state index in [1.807, 2.05) is 35.2 Å². The maximum atomic E-state index is 14.4. The highest BCUT2D eigenvalue weighted by Crippen LogP contribution is 2.63. The lowest BCUT2D eigenvalue weighted by Gasteiger charge is -2.59. The van der Waals surface area contributed by atoms with E-state index in [1.165, 1.54) is 34.0 Å². The highest BCUT2D eigenvalue weighted by Gasteiger charge is 2.57. The maximum Gasteiger partial charge on any atom is 0.253 e. The SMILES string of the molecule is C=CS(=O)(=O)NCC1CCCN(C(=O)c2ccc3ccc(/C=C\S(=O)(=O)NCC4CCCN(C(=O)C5C6CC7CC5CC(/C=C\S(=O)(=O)NCC5CCCN(S(=O)(=O)c8ccccc8F)C5)(C7)C6)C4)cc3c2)C1. The Morgan fingerprint density at radius 3 is 1.93 bits per heavy atom. The van der Waals surface area contributed by atoms with Gasteiger partial charge in [0.05, 0.1) is 0 Å². The van der Waals surface area contributed by atoms with Crippen LogP contribution in [0.1, 0.15) is 86.6 Å². The zero-order valence-corrected chi connectivity index (χ0v) is 44.3. The Morgan fingerprint density at radius 2 is 1.26 bits per heavy atom. The first-order valence-electron chi connectivity index (χ1n) is 25.5. The fourth-order valence-corrected chi connectivity index (χ4v) is 17.0. The number of carbonyl (C=O) groups excluding carboxylic acids is 2. The Bertz CT molecular complexity index is 3100. The Labute approximate surface area is 430 Å². The molecule has 7 aliphatic rings. The van der Waals surface area contributed by atoms with E-state index in [9.17, 15) is 47.7 Å². The smallest absolute Gasteiger partial charge is 0.253 e. The molecule has 0 spiro atoms. The van der Waals surface area contributed by atoms with Crippen LogP contribution in [0.3, 0.4) is 0 Å². The lowest BCUT2D eigenvalue weighted by molar-refractivity contribution is -0.154. The van der Waals surface area contributed by atoms with E-state index in [1.54, 1.807) is 17.0 Å². The van der Waals surface area contributed by atoms with Crippen LogP contribution in [0.15, 0.2) is 94.4 Å². The molecule has 4 saturated carbocycles. The number of likely N-dealkylation sites (tertiary alicyclic amines) is 2. The Morgan fingerprint density at radius 1 is 0.671 bits per heavy atom. The van der Waals surface area contributed by atoms with Crippen molar-refractivity contribution in [1.82, 2.24) is 28.3 Å². The fourth-order valence-electron chi connectivity index (χ4n) is 12.9. The Balaban J connectivity index is 0.755. The minimum absolute atomic E-state index is 0.0260. The van der Waals surface area contributed by atoms with Gasteiger partial charge < -0.3 is 9.80 Å². The standard InChI is InChI=1S/C52H67FN6O10S4/c1-2-70(62,63)54-31-38-8-5-19-57(34-38)50(60)43-16-15-42-14-13-37(24-44(42)27-43)17-22-71(64,65)55-32-39-9-6-20-58(35-39)51(61)49-45-25-41-26-46(49)30-52(28-41,29-45)18-23-72(66,67)56-33-40-10-7-21-59(36-40)73(68,69)48-12-4-3-11-47(48)53/h2-4,11-18,22-24,27,38-41,45-46,49,54-56H,1,5-10,19-21,25-26,28-36H2/b22-17-,23-18-. The monoisotopic (exact) mass is 1080 g/mol. The molecule has 3 saturated heterocycles. The normalized spacial score (nSPS) is 28.3. The summed E-state index contributed by atoms with van der Waals surface area (Å²) >= 11 is 0. The van der Waals surface area contributed by atoms with Crippen LogP contribution in [0.5, 0.6) is 0 Å². The van der Waals surface area contributed by atoms with E-state index in [0.717, 1.165) is 85.4 Å². The molecule has 3 heterocycles. The molecule has 21 heteroatoms. The molecule has 4 bridgehead atoms. The molecule has 2 amide bonds. The summed E-state index contributed by atoms with van der Waals surface area (Å²) in [5.41, 5.74) is 0.793. The number of piperidine rings is 3. The van der Waals surface area contributed by atoms with Crippen LogP contribution < -0.4 is 14.2 Å². The molecule has 3 aromatic rings. The largest absolute Gasteiger partial charge is 0.342 e. The minimum atomic E-state index is -4.07. The van der Waals surface area contributed by atoms with Gasteiger partial charge in [0.15, 0.2) is 0 Å². The summed E-state index contributed by atoms with van der Waals surface area (Å²) in [4.78, 5) is 31.2. The second-order valence-electron chi connectivity index (χ2n) is 21.5. The van der Waals surface area contributed by atoms with Crippen molar-refractivity contribution in [3.63, 3.8) is 0 Å². The highest BCUT2D eigenvalue weighted by molar-refractivity contribution is 7.93. The number of nitrogens with one attached hydrogen (secondary N) is 3. The number of hydrogen-bond acceptors (Lipinski definition) is 10. The van der Waals surface area contributed by atoms with E-state index in [0.29, 0.717) is 56.1 Å². The van der Waals surface area contributed by atoms with Crippen LogP contribution in [0, 0.1) is 52.7 Å². The summed E-state index contributed by atoms with van der Waals surface area (Å²) in [6, 6.07) is 16.2. The van der Waals surface area contributed by atoms with E-state index in [4.69, 9.17) is 0 Å². The number of benzene rings is 3. The van der Waals surface area contributed by atoms with Crippen molar-refractivity contribution < 1.29 is 47.7 Å². The number of carbonyl (C=O) groups is 2. The molecular weight excluding hydrogens is 1020 g/mol. The van der Waals surface area contributed by atoms with Crippen LogP contribution >= 0.6 is 0 Å². The number of hydrogen-bond donors (Lipinski definition) is 3. The first kappa shape index (κ1) is 53.5. The quantitative estimate of drug-likeness (QED) is 0.135. The second-order valence-corrected chi connectivity index (χ2v) is 28.4. The molecule has 396 valence electrons. The van der Waals surface area contributed by atoms with Crippen molar-refractivity contribution in [1.29, 1.82) is 0 Å². The van der Waals surface area contributed by atoms with Gasteiger partial charge >= 0.3 is 0 Å². The van der Waals surface area contributed by atoms with E-state index in [2.05, 4.69) is 20.7 Å². The molecule has 10 rings (SSSR count). The van der Waals surface area contributed by atoms with Crippen LogP contribution in [-0.2, 0) is 44.9 Å². The van der Waals surface area contributed by atoms with Gasteiger partial charge in [-0.15, -0.1) is 0 Å². The summed E-state index contributed by atoms with van der Waals surface area (Å²) in [6.45, 7) is 6.14. The third kappa shape index (κ3) is 12.7. The molecule has 0 radical (unpaired) electrons.